The highest BCUT2D eigenvalue weighted by Gasteiger charge is 2.16. The van der Waals surface area contributed by atoms with Gasteiger partial charge in [0, 0.05) is 6.07 Å². The van der Waals surface area contributed by atoms with Crippen molar-refractivity contribution in [1.82, 2.24) is 0 Å². The van der Waals surface area contributed by atoms with Crippen LogP contribution in [0.4, 0.5) is 4.39 Å². The Balaban J connectivity index is 2.73. The Morgan fingerprint density at radius 3 is 2.82 bits per heavy atom. The Labute approximate surface area is 98.6 Å². The molecule has 5 heteroatoms. The van der Waals surface area contributed by atoms with Crippen molar-refractivity contribution < 1.29 is 18.7 Å². The van der Waals surface area contributed by atoms with Crippen LogP contribution < -0.4 is 4.74 Å². The van der Waals surface area contributed by atoms with Crippen LogP contribution in [0.15, 0.2) is 18.2 Å². The predicted octanol–water partition coefficient (Wildman–Crippen LogP) is 2.03. The molecule has 0 N–H and O–H groups in total. The van der Waals surface area contributed by atoms with Gasteiger partial charge in [-0.05, 0) is 26.0 Å². The lowest BCUT2D eigenvalue weighted by atomic mass is 10.2. The standard InChI is InChI=1S/C12H12FNO3/c1-3-16-12(15)8(2)17-10-5-4-9(7-14)11(13)6-10/h4-6,8H,3H2,1-2H3. The molecule has 0 radical (unpaired) electrons. The van der Waals surface area contributed by atoms with Gasteiger partial charge in [-0.3, -0.25) is 0 Å². The summed E-state index contributed by atoms with van der Waals surface area (Å²) in [5, 5.41) is 8.54. The average Bonchev–Trinajstić information content (AvgIpc) is 2.29. The van der Waals surface area contributed by atoms with Crippen LogP contribution >= 0.6 is 0 Å². The molecular weight excluding hydrogens is 225 g/mol. The summed E-state index contributed by atoms with van der Waals surface area (Å²) in [6.07, 6.45) is -0.817. The van der Waals surface area contributed by atoms with Crippen molar-refractivity contribution in [3.8, 4) is 11.8 Å². The van der Waals surface area contributed by atoms with Crippen LogP contribution in [0.25, 0.3) is 0 Å². The largest absolute Gasteiger partial charge is 0.479 e. The van der Waals surface area contributed by atoms with Crippen molar-refractivity contribution in [2.75, 3.05) is 6.61 Å². The first-order valence-corrected chi connectivity index (χ1v) is 5.11. The second-order valence-corrected chi connectivity index (χ2v) is 3.27. The molecule has 0 heterocycles. The fourth-order valence-corrected chi connectivity index (χ4v) is 1.17. The van der Waals surface area contributed by atoms with Gasteiger partial charge in [0.1, 0.15) is 17.6 Å². The maximum absolute atomic E-state index is 13.2. The third-order valence-corrected chi connectivity index (χ3v) is 1.99. The van der Waals surface area contributed by atoms with E-state index in [4.69, 9.17) is 14.7 Å². The molecule has 0 saturated carbocycles. The van der Waals surface area contributed by atoms with Crippen molar-refractivity contribution >= 4 is 5.97 Å². The fraction of sp³-hybridized carbons (Fsp3) is 0.333. The number of hydrogen-bond donors (Lipinski definition) is 0. The van der Waals surface area contributed by atoms with Crippen LogP contribution in [0.5, 0.6) is 5.75 Å². The van der Waals surface area contributed by atoms with E-state index >= 15 is 0 Å². The predicted molar refractivity (Wildman–Crippen MR) is 57.8 cm³/mol. The highest BCUT2D eigenvalue weighted by molar-refractivity contribution is 5.74. The number of benzene rings is 1. The first kappa shape index (κ1) is 13.0. The summed E-state index contributed by atoms with van der Waals surface area (Å²) in [5.41, 5.74) is -0.0684. The molecular formula is C12H12FNO3. The molecule has 1 aromatic rings. The molecule has 0 fully saturated rings. The van der Waals surface area contributed by atoms with E-state index in [1.165, 1.54) is 19.1 Å². The van der Waals surface area contributed by atoms with Crippen LogP contribution in [0.3, 0.4) is 0 Å². The van der Waals surface area contributed by atoms with Gasteiger partial charge < -0.3 is 9.47 Å². The molecule has 1 rings (SSSR count). The van der Waals surface area contributed by atoms with E-state index in [1.54, 1.807) is 13.0 Å². The number of rotatable bonds is 4. The maximum atomic E-state index is 13.2. The lowest BCUT2D eigenvalue weighted by Gasteiger charge is -2.13. The van der Waals surface area contributed by atoms with Crippen LogP contribution in [0, 0.1) is 17.1 Å². The number of carbonyl (C=O) groups is 1. The summed E-state index contributed by atoms with van der Waals surface area (Å²) >= 11 is 0. The Bertz CT molecular complexity index is 454. The highest BCUT2D eigenvalue weighted by atomic mass is 19.1. The lowest BCUT2D eigenvalue weighted by Crippen LogP contribution is -2.26. The Kier molecular flexibility index (Phi) is 4.46. The number of carbonyl (C=O) groups excluding carboxylic acids is 1. The maximum Gasteiger partial charge on any atom is 0.347 e. The molecule has 0 bridgehead atoms. The number of esters is 1. The van der Waals surface area contributed by atoms with E-state index in [1.807, 2.05) is 0 Å². The third kappa shape index (κ3) is 3.45. The molecule has 0 aromatic heterocycles. The molecule has 0 aliphatic rings. The van der Waals surface area contributed by atoms with Gasteiger partial charge >= 0.3 is 5.97 Å². The van der Waals surface area contributed by atoms with Gasteiger partial charge in [-0.15, -0.1) is 0 Å². The number of nitriles is 1. The summed E-state index contributed by atoms with van der Waals surface area (Å²) < 4.78 is 23.2. The van der Waals surface area contributed by atoms with Crippen LogP contribution in [-0.2, 0) is 9.53 Å². The summed E-state index contributed by atoms with van der Waals surface area (Å²) in [7, 11) is 0. The molecule has 0 saturated heterocycles. The van der Waals surface area contributed by atoms with Crippen LogP contribution in [0.1, 0.15) is 19.4 Å². The summed E-state index contributed by atoms with van der Waals surface area (Å²) in [6, 6.07) is 5.48. The van der Waals surface area contributed by atoms with E-state index in [0.29, 0.717) is 0 Å². The van der Waals surface area contributed by atoms with Crippen LogP contribution in [0.2, 0.25) is 0 Å². The van der Waals surface area contributed by atoms with E-state index in [2.05, 4.69) is 0 Å². The molecule has 90 valence electrons. The van der Waals surface area contributed by atoms with Gasteiger partial charge in [0.2, 0.25) is 0 Å². The molecule has 4 nitrogen and oxygen atoms in total. The van der Waals surface area contributed by atoms with E-state index in [9.17, 15) is 9.18 Å². The monoisotopic (exact) mass is 237 g/mol. The SMILES string of the molecule is CCOC(=O)C(C)Oc1ccc(C#N)c(F)c1. The third-order valence-electron chi connectivity index (χ3n) is 1.99. The minimum Gasteiger partial charge on any atom is -0.479 e. The number of hydrogen-bond acceptors (Lipinski definition) is 4. The molecule has 0 aliphatic carbocycles. The molecule has 1 unspecified atom stereocenters. The van der Waals surface area contributed by atoms with E-state index < -0.39 is 17.9 Å². The minimum atomic E-state index is -0.817. The van der Waals surface area contributed by atoms with Gasteiger partial charge in [0.15, 0.2) is 6.10 Å². The van der Waals surface area contributed by atoms with E-state index in [0.717, 1.165) is 6.07 Å². The first-order chi connectivity index (χ1) is 8.08. The average molecular weight is 237 g/mol. The van der Waals surface area contributed by atoms with Gasteiger partial charge in [-0.1, -0.05) is 0 Å². The normalized spacial score (nSPS) is 11.4. The molecule has 0 spiro atoms. The Morgan fingerprint density at radius 1 is 1.59 bits per heavy atom. The van der Waals surface area contributed by atoms with Crippen molar-refractivity contribution in [3.05, 3.63) is 29.6 Å². The van der Waals surface area contributed by atoms with Crippen molar-refractivity contribution in [2.45, 2.75) is 20.0 Å². The zero-order valence-electron chi connectivity index (χ0n) is 9.57. The van der Waals surface area contributed by atoms with Gasteiger partial charge in [-0.2, -0.15) is 5.26 Å². The molecule has 0 amide bonds. The van der Waals surface area contributed by atoms with Crippen molar-refractivity contribution in [3.63, 3.8) is 0 Å². The topological polar surface area (TPSA) is 59.3 Å². The van der Waals surface area contributed by atoms with Gasteiger partial charge in [0.05, 0.1) is 12.2 Å². The van der Waals surface area contributed by atoms with E-state index in [-0.39, 0.29) is 17.9 Å². The number of halogens is 1. The minimum absolute atomic E-state index is 0.0684. The zero-order valence-corrected chi connectivity index (χ0v) is 9.57. The Hall–Kier alpha value is -2.09. The van der Waals surface area contributed by atoms with Gasteiger partial charge in [-0.25, -0.2) is 9.18 Å². The smallest absolute Gasteiger partial charge is 0.347 e. The second kappa shape index (κ2) is 5.85. The molecule has 0 aliphatic heterocycles. The molecule has 17 heavy (non-hydrogen) atoms. The second-order valence-electron chi connectivity index (χ2n) is 3.27. The van der Waals surface area contributed by atoms with Crippen molar-refractivity contribution in [1.29, 1.82) is 5.26 Å². The summed E-state index contributed by atoms with van der Waals surface area (Å²) in [6.45, 7) is 3.45. The molecule has 1 atom stereocenters. The summed E-state index contributed by atoms with van der Waals surface area (Å²) in [4.78, 5) is 11.3. The van der Waals surface area contributed by atoms with Crippen LogP contribution in [-0.4, -0.2) is 18.7 Å². The fourth-order valence-electron chi connectivity index (χ4n) is 1.17. The van der Waals surface area contributed by atoms with Crippen molar-refractivity contribution in [2.24, 2.45) is 0 Å². The molecule has 1 aromatic carbocycles. The zero-order chi connectivity index (χ0) is 12.8. The highest BCUT2D eigenvalue weighted by Crippen LogP contribution is 2.17. The first-order valence-electron chi connectivity index (χ1n) is 5.11. The summed E-state index contributed by atoms with van der Waals surface area (Å²) in [5.74, 6) is -1.01. The Morgan fingerprint density at radius 2 is 2.29 bits per heavy atom. The number of nitrogens with zero attached hydrogens (tertiary/aromatic N) is 1. The number of ether oxygens (including phenoxy) is 2. The quantitative estimate of drug-likeness (QED) is 0.752. The lowest BCUT2D eigenvalue weighted by molar-refractivity contribution is -0.150. The van der Waals surface area contributed by atoms with Gasteiger partial charge in [0.25, 0.3) is 0 Å².